The molecule has 2 aromatic carbocycles. The van der Waals surface area contributed by atoms with Gasteiger partial charge in [0.1, 0.15) is 5.75 Å². The van der Waals surface area contributed by atoms with Crippen LogP contribution in [0.3, 0.4) is 0 Å². The quantitative estimate of drug-likeness (QED) is 0.347. The fraction of sp³-hybridized carbons (Fsp3) is 0.250. The second-order valence-corrected chi connectivity index (χ2v) is 8.31. The Morgan fingerprint density at radius 3 is 2.64 bits per heavy atom. The van der Waals surface area contributed by atoms with Crippen molar-refractivity contribution in [3.05, 3.63) is 78.1 Å². The Labute approximate surface area is 197 Å². The number of aryl methyl sites for hydroxylation is 1. The van der Waals surface area contributed by atoms with E-state index in [9.17, 15) is 9.59 Å². The number of aromatic nitrogens is 3. The molecule has 0 aliphatic heterocycles. The summed E-state index contributed by atoms with van der Waals surface area (Å²) in [5.74, 6) is 1.11. The number of carbonyl (C=O) groups excluding carboxylic acids is 2. The first-order valence-corrected chi connectivity index (χ1v) is 11.4. The highest BCUT2D eigenvalue weighted by atomic mass is 32.2. The van der Waals surface area contributed by atoms with E-state index in [-0.39, 0.29) is 23.6 Å². The molecule has 0 saturated carbocycles. The molecule has 0 fully saturated rings. The summed E-state index contributed by atoms with van der Waals surface area (Å²) in [4.78, 5) is 25.0. The number of thioether (sulfide) groups is 1. The van der Waals surface area contributed by atoms with E-state index in [0.29, 0.717) is 28.8 Å². The van der Waals surface area contributed by atoms with E-state index in [1.54, 1.807) is 43.5 Å². The van der Waals surface area contributed by atoms with Crippen LogP contribution in [0.25, 0.3) is 0 Å². The van der Waals surface area contributed by atoms with Gasteiger partial charge in [0.25, 0.3) is 5.91 Å². The molecule has 3 aromatic rings. The van der Waals surface area contributed by atoms with Crippen LogP contribution in [-0.2, 0) is 11.3 Å². The number of nitrogens with one attached hydrogen (secondary N) is 2. The van der Waals surface area contributed by atoms with Gasteiger partial charge in [0.15, 0.2) is 11.0 Å². The first-order valence-electron chi connectivity index (χ1n) is 10.4. The van der Waals surface area contributed by atoms with Crippen LogP contribution < -0.4 is 15.4 Å². The fourth-order valence-corrected chi connectivity index (χ4v) is 3.91. The number of ether oxygens (including phenoxy) is 1. The van der Waals surface area contributed by atoms with Crippen molar-refractivity contribution >= 4 is 29.3 Å². The maximum Gasteiger partial charge on any atom is 0.251 e. The van der Waals surface area contributed by atoms with Crippen molar-refractivity contribution in [2.24, 2.45) is 0 Å². The van der Waals surface area contributed by atoms with Crippen molar-refractivity contribution in [3.8, 4) is 5.75 Å². The Kier molecular flexibility index (Phi) is 8.26. The average Bonchev–Trinajstić information content (AvgIpc) is 3.21. The SMILES string of the molecule is C=CCn1c(SCC(=O)Nc2ccc(OC)cc2)nnc1[C@@H](C)NC(=O)c1cccc(C)c1. The van der Waals surface area contributed by atoms with Gasteiger partial charge in [-0.1, -0.05) is 35.5 Å². The molecule has 0 aliphatic rings. The molecule has 9 heteroatoms. The highest BCUT2D eigenvalue weighted by molar-refractivity contribution is 7.99. The molecule has 2 amide bonds. The maximum atomic E-state index is 12.6. The predicted molar refractivity (Wildman–Crippen MR) is 130 cm³/mol. The van der Waals surface area contributed by atoms with Crippen LogP contribution in [0.5, 0.6) is 5.75 Å². The van der Waals surface area contributed by atoms with E-state index >= 15 is 0 Å². The number of nitrogens with zero attached hydrogens (tertiary/aromatic N) is 3. The number of benzene rings is 2. The molecule has 1 atom stereocenters. The van der Waals surface area contributed by atoms with Gasteiger partial charge in [0, 0.05) is 17.8 Å². The molecule has 0 radical (unpaired) electrons. The van der Waals surface area contributed by atoms with Crippen molar-refractivity contribution in [2.75, 3.05) is 18.2 Å². The lowest BCUT2D eigenvalue weighted by molar-refractivity contribution is -0.113. The lowest BCUT2D eigenvalue weighted by Gasteiger charge is -2.15. The second kappa shape index (κ2) is 11.3. The van der Waals surface area contributed by atoms with Crippen LogP contribution >= 0.6 is 11.8 Å². The van der Waals surface area contributed by atoms with Crippen LogP contribution in [0.15, 0.2) is 66.3 Å². The minimum atomic E-state index is -0.382. The Morgan fingerprint density at radius 2 is 1.97 bits per heavy atom. The number of anilines is 1. The normalized spacial score (nSPS) is 11.5. The van der Waals surface area contributed by atoms with Gasteiger partial charge < -0.3 is 19.9 Å². The van der Waals surface area contributed by atoms with Crippen molar-refractivity contribution < 1.29 is 14.3 Å². The lowest BCUT2D eigenvalue weighted by Crippen LogP contribution is -2.28. The third-order valence-electron chi connectivity index (χ3n) is 4.78. The minimum Gasteiger partial charge on any atom is -0.497 e. The van der Waals surface area contributed by atoms with E-state index in [1.165, 1.54) is 11.8 Å². The van der Waals surface area contributed by atoms with Gasteiger partial charge in [0.2, 0.25) is 5.91 Å². The summed E-state index contributed by atoms with van der Waals surface area (Å²) >= 11 is 1.27. The Balaban J connectivity index is 1.64. The standard InChI is InChI=1S/C24H27N5O3S/c1-5-13-29-22(17(3)25-23(31)18-8-6-7-16(2)14-18)27-28-24(29)33-15-21(30)26-19-9-11-20(32-4)12-10-19/h5-12,14,17H,1,13,15H2,2-4H3,(H,25,31)(H,26,30)/t17-/m1/s1. The molecule has 0 spiro atoms. The molecule has 1 heterocycles. The zero-order valence-corrected chi connectivity index (χ0v) is 19.7. The van der Waals surface area contributed by atoms with Crippen LogP contribution in [0.1, 0.15) is 34.7 Å². The van der Waals surface area contributed by atoms with Gasteiger partial charge in [-0.05, 0) is 50.2 Å². The Hall–Kier alpha value is -3.59. The number of amides is 2. The lowest BCUT2D eigenvalue weighted by atomic mass is 10.1. The third kappa shape index (κ3) is 6.45. The van der Waals surface area contributed by atoms with E-state index in [2.05, 4.69) is 27.4 Å². The number of allylic oxidation sites excluding steroid dienone is 1. The van der Waals surface area contributed by atoms with Crippen LogP contribution in [0, 0.1) is 6.92 Å². The second-order valence-electron chi connectivity index (χ2n) is 7.37. The van der Waals surface area contributed by atoms with Gasteiger partial charge >= 0.3 is 0 Å². The molecule has 1 aromatic heterocycles. The smallest absolute Gasteiger partial charge is 0.251 e. The van der Waals surface area contributed by atoms with Crippen molar-refractivity contribution in [2.45, 2.75) is 31.6 Å². The highest BCUT2D eigenvalue weighted by Gasteiger charge is 2.20. The number of hydrogen-bond donors (Lipinski definition) is 2. The minimum absolute atomic E-state index is 0.158. The summed E-state index contributed by atoms with van der Waals surface area (Å²) in [5.41, 5.74) is 2.28. The first-order chi connectivity index (χ1) is 15.9. The number of rotatable bonds is 10. The zero-order valence-electron chi connectivity index (χ0n) is 18.9. The van der Waals surface area contributed by atoms with Crippen LogP contribution in [0.4, 0.5) is 5.69 Å². The number of methoxy groups -OCH3 is 1. The van der Waals surface area contributed by atoms with Gasteiger partial charge in [-0.2, -0.15) is 0 Å². The van der Waals surface area contributed by atoms with E-state index in [1.807, 2.05) is 36.6 Å². The molecular weight excluding hydrogens is 438 g/mol. The van der Waals surface area contributed by atoms with Crippen molar-refractivity contribution in [1.29, 1.82) is 0 Å². The molecule has 0 unspecified atom stereocenters. The van der Waals surface area contributed by atoms with E-state index in [0.717, 1.165) is 11.3 Å². The molecule has 3 rings (SSSR count). The Bertz CT molecular complexity index is 1130. The van der Waals surface area contributed by atoms with Crippen LogP contribution in [0.2, 0.25) is 0 Å². The maximum absolute atomic E-state index is 12.6. The molecule has 0 aliphatic carbocycles. The average molecular weight is 466 g/mol. The molecular formula is C24H27N5O3S. The summed E-state index contributed by atoms with van der Waals surface area (Å²) in [7, 11) is 1.59. The highest BCUT2D eigenvalue weighted by Crippen LogP contribution is 2.22. The van der Waals surface area contributed by atoms with E-state index in [4.69, 9.17) is 4.74 Å². The molecule has 8 nitrogen and oxygen atoms in total. The number of carbonyl (C=O) groups is 2. The van der Waals surface area contributed by atoms with Gasteiger partial charge in [0.05, 0.1) is 18.9 Å². The zero-order chi connectivity index (χ0) is 23.8. The fourth-order valence-electron chi connectivity index (χ4n) is 3.16. The molecule has 0 bridgehead atoms. The monoisotopic (exact) mass is 465 g/mol. The summed E-state index contributed by atoms with van der Waals surface area (Å²) in [6, 6.07) is 14.1. The van der Waals surface area contributed by atoms with Gasteiger partial charge in [-0.15, -0.1) is 16.8 Å². The molecule has 0 saturated heterocycles. The summed E-state index contributed by atoms with van der Waals surface area (Å²) < 4.78 is 6.97. The summed E-state index contributed by atoms with van der Waals surface area (Å²) in [6.07, 6.45) is 1.73. The summed E-state index contributed by atoms with van der Waals surface area (Å²) in [6.45, 7) is 8.04. The number of hydrogen-bond acceptors (Lipinski definition) is 6. The molecule has 33 heavy (non-hydrogen) atoms. The van der Waals surface area contributed by atoms with Crippen molar-refractivity contribution in [3.63, 3.8) is 0 Å². The summed E-state index contributed by atoms with van der Waals surface area (Å²) in [5, 5.41) is 14.9. The van der Waals surface area contributed by atoms with E-state index < -0.39 is 0 Å². The molecule has 2 N–H and O–H groups in total. The van der Waals surface area contributed by atoms with Crippen molar-refractivity contribution in [1.82, 2.24) is 20.1 Å². The third-order valence-corrected chi connectivity index (χ3v) is 5.75. The van der Waals surface area contributed by atoms with Crippen LogP contribution in [-0.4, -0.2) is 39.4 Å². The molecule has 172 valence electrons. The topological polar surface area (TPSA) is 98.1 Å². The van der Waals surface area contributed by atoms with Gasteiger partial charge in [-0.3, -0.25) is 9.59 Å². The van der Waals surface area contributed by atoms with Gasteiger partial charge in [-0.25, -0.2) is 0 Å². The largest absolute Gasteiger partial charge is 0.497 e. The first kappa shape index (κ1) is 24.1. The Morgan fingerprint density at radius 1 is 1.21 bits per heavy atom. The predicted octanol–water partition coefficient (Wildman–Crippen LogP) is 4.00.